The predicted molar refractivity (Wildman–Crippen MR) is 78.5 cm³/mol. The second kappa shape index (κ2) is 4.84. The van der Waals surface area contributed by atoms with Gasteiger partial charge >= 0.3 is 0 Å². The summed E-state index contributed by atoms with van der Waals surface area (Å²) < 4.78 is 7.11. The first-order chi connectivity index (χ1) is 10.3. The lowest BCUT2D eigenvalue weighted by molar-refractivity contribution is 0.399. The minimum atomic E-state index is 0.579. The fourth-order valence-electron chi connectivity index (χ4n) is 2.65. The van der Waals surface area contributed by atoms with Crippen LogP contribution in [0.4, 0.5) is 0 Å². The zero-order valence-corrected chi connectivity index (χ0v) is 11.7. The maximum atomic E-state index is 5.22. The van der Waals surface area contributed by atoms with Crippen molar-refractivity contribution in [1.29, 1.82) is 0 Å². The quantitative estimate of drug-likeness (QED) is 0.722. The Labute approximate surface area is 122 Å². The molecule has 3 aromatic heterocycles. The van der Waals surface area contributed by atoms with Gasteiger partial charge in [0, 0.05) is 18.5 Å². The van der Waals surface area contributed by atoms with Gasteiger partial charge in [0.1, 0.15) is 5.52 Å². The van der Waals surface area contributed by atoms with Gasteiger partial charge in [-0.15, -0.1) is 0 Å². The first kappa shape index (κ1) is 12.3. The summed E-state index contributed by atoms with van der Waals surface area (Å²) in [5.74, 6) is 0.579. The molecule has 0 atom stereocenters. The summed E-state index contributed by atoms with van der Waals surface area (Å²) >= 11 is 0. The van der Waals surface area contributed by atoms with E-state index in [0.29, 0.717) is 5.88 Å². The molecule has 0 aliphatic heterocycles. The third-order valence-corrected chi connectivity index (χ3v) is 3.72. The normalized spacial score (nSPS) is 14.1. The lowest BCUT2D eigenvalue weighted by atomic mass is 9.99. The molecule has 2 radical (unpaired) electrons. The van der Waals surface area contributed by atoms with Gasteiger partial charge in [0.15, 0.2) is 0 Å². The molecule has 0 amide bonds. The summed E-state index contributed by atoms with van der Waals surface area (Å²) in [6.07, 6.45) is 10.0. The number of aryl methyl sites for hydroxylation is 1. The van der Waals surface area contributed by atoms with Crippen LogP contribution in [0.3, 0.4) is 0 Å². The molecule has 1 aliphatic rings. The molecule has 3 heterocycles. The number of rotatable bonds is 2. The number of ether oxygens (including phenoxy) is 1. The highest BCUT2D eigenvalue weighted by molar-refractivity contribution is 5.83. The van der Waals surface area contributed by atoms with Crippen molar-refractivity contribution >= 4 is 11.0 Å². The molecule has 3 aromatic rings. The van der Waals surface area contributed by atoms with Crippen molar-refractivity contribution in [3.8, 4) is 11.6 Å². The lowest BCUT2D eigenvalue weighted by Crippen LogP contribution is -2.01. The number of fused-ring (bicyclic) bond motifs is 2. The molecule has 4 rings (SSSR count). The molecule has 0 N–H and O–H groups in total. The SMILES string of the molecule is COc1ccc2nccc(-n3cc4c(n3)CC[C]C4)c2n1. The Morgan fingerprint density at radius 3 is 3.10 bits per heavy atom. The molecule has 0 aromatic carbocycles. The van der Waals surface area contributed by atoms with Crippen LogP contribution < -0.4 is 4.74 Å². The number of methoxy groups -OCH3 is 1. The van der Waals surface area contributed by atoms with E-state index < -0.39 is 0 Å². The van der Waals surface area contributed by atoms with Gasteiger partial charge in [0.25, 0.3) is 0 Å². The monoisotopic (exact) mass is 278 g/mol. The highest BCUT2D eigenvalue weighted by Crippen LogP contribution is 2.24. The molecular formula is C16H14N4O. The van der Waals surface area contributed by atoms with Crippen molar-refractivity contribution in [1.82, 2.24) is 19.7 Å². The highest BCUT2D eigenvalue weighted by Gasteiger charge is 2.16. The fraction of sp³-hybridized carbons (Fsp3) is 0.250. The van der Waals surface area contributed by atoms with Crippen LogP contribution in [0.2, 0.25) is 0 Å². The first-order valence-corrected chi connectivity index (χ1v) is 6.93. The largest absolute Gasteiger partial charge is 0.481 e. The Balaban J connectivity index is 1.91. The molecule has 0 saturated heterocycles. The van der Waals surface area contributed by atoms with Gasteiger partial charge < -0.3 is 4.74 Å². The number of nitrogens with zero attached hydrogens (tertiary/aromatic N) is 4. The lowest BCUT2D eigenvalue weighted by Gasteiger charge is -2.06. The second-order valence-corrected chi connectivity index (χ2v) is 5.02. The van der Waals surface area contributed by atoms with Gasteiger partial charge in [-0.05, 0) is 43.4 Å². The van der Waals surface area contributed by atoms with E-state index in [1.807, 2.05) is 22.9 Å². The summed E-state index contributed by atoms with van der Waals surface area (Å²) in [6.45, 7) is 0. The van der Waals surface area contributed by atoms with E-state index in [9.17, 15) is 0 Å². The standard InChI is InChI=1S/C16H14N4O/c1-21-15-7-6-13-16(18-15)14(8-9-17-13)20-10-11-4-2-3-5-12(11)19-20/h6-10H,3-5H2,1H3. The van der Waals surface area contributed by atoms with E-state index >= 15 is 0 Å². The van der Waals surface area contributed by atoms with E-state index in [1.54, 1.807) is 13.3 Å². The molecular weight excluding hydrogens is 264 g/mol. The Bertz CT molecular complexity index is 786. The fourth-order valence-corrected chi connectivity index (χ4v) is 2.65. The van der Waals surface area contributed by atoms with E-state index in [0.717, 1.165) is 41.7 Å². The summed E-state index contributed by atoms with van der Waals surface area (Å²) in [7, 11) is 1.61. The van der Waals surface area contributed by atoms with Crippen molar-refractivity contribution in [3.63, 3.8) is 0 Å². The molecule has 0 fully saturated rings. The van der Waals surface area contributed by atoms with Gasteiger partial charge in [-0.25, -0.2) is 9.67 Å². The number of hydrogen-bond donors (Lipinski definition) is 0. The molecule has 0 saturated carbocycles. The third-order valence-electron chi connectivity index (χ3n) is 3.72. The average Bonchev–Trinajstić information content (AvgIpc) is 2.97. The van der Waals surface area contributed by atoms with Crippen molar-refractivity contribution in [2.45, 2.75) is 19.3 Å². The molecule has 5 nitrogen and oxygen atoms in total. The molecule has 1 aliphatic carbocycles. The van der Waals surface area contributed by atoms with Gasteiger partial charge in [0.05, 0.1) is 24.0 Å². The number of aromatic nitrogens is 4. The van der Waals surface area contributed by atoms with Crippen LogP contribution >= 0.6 is 0 Å². The van der Waals surface area contributed by atoms with Crippen molar-refractivity contribution in [2.75, 3.05) is 7.11 Å². The topological polar surface area (TPSA) is 52.8 Å². The molecule has 104 valence electrons. The molecule has 5 heteroatoms. The summed E-state index contributed by atoms with van der Waals surface area (Å²) in [6, 6.07) is 5.66. The molecule has 0 unspecified atom stereocenters. The third kappa shape index (κ3) is 2.05. The number of pyridine rings is 2. The van der Waals surface area contributed by atoms with Gasteiger partial charge in [-0.2, -0.15) is 5.10 Å². The van der Waals surface area contributed by atoms with Crippen LogP contribution in [0.25, 0.3) is 16.7 Å². The van der Waals surface area contributed by atoms with Crippen LogP contribution in [0.15, 0.2) is 30.6 Å². The van der Waals surface area contributed by atoms with Gasteiger partial charge in [0.2, 0.25) is 5.88 Å². The van der Waals surface area contributed by atoms with Crippen LogP contribution in [0.1, 0.15) is 17.7 Å². The minimum Gasteiger partial charge on any atom is -0.481 e. The Morgan fingerprint density at radius 2 is 2.24 bits per heavy atom. The molecule has 0 spiro atoms. The summed E-state index contributed by atoms with van der Waals surface area (Å²) in [5, 5.41) is 4.69. The maximum Gasteiger partial charge on any atom is 0.213 e. The van der Waals surface area contributed by atoms with E-state index in [-0.39, 0.29) is 0 Å². The van der Waals surface area contributed by atoms with Crippen molar-refractivity contribution < 1.29 is 4.74 Å². The van der Waals surface area contributed by atoms with Gasteiger partial charge in [-0.3, -0.25) is 4.98 Å². The number of hydrogen-bond acceptors (Lipinski definition) is 4. The minimum absolute atomic E-state index is 0.579. The second-order valence-electron chi connectivity index (χ2n) is 5.02. The van der Waals surface area contributed by atoms with Crippen LogP contribution in [-0.2, 0) is 12.8 Å². The smallest absolute Gasteiger partial charge is 0.213 e. The van der Waals surface area contributed by atoms with Crippen molar-refractivity contribution in [2.24, 2.45) is 0 Å². The molecule has 0 bridgehead atoms. The zero-order chi connectivity index (χ0) is 14.2. The summed E-state index contributed by atoms with van der Waals surface area (Å²) in [5.41, 5.74) is 4.95. The van der Waals surface area contributed by atoms with E-state index in [2.05, 4.69) is 22.6 Å². The maximum absolute atomic E-state index is 5.22. The van der Waals surface area contributed by atoms with E-state index in [4.69, 9.17) is 9.84 Å². The Kier molecular flexibility index (Phi) is 2.84. The Morgan fingerprint density at radius 1 is 1.29 bits per heavy atom. The van der Waals surface area contributed by atoms with Crippen molar-refractivity contribution in [3.05, 3.63) is 48.3 Å². The van der Waals surface area contributed by atoms with Crippen LogP contribution in [0, 0.1) is 6.42 Å². The van der Waals surface area contributed by atoms with Crippen LogP contribution in [0.5, 0.6) is 5.88 Å². The van der Waals surface area contributed by atoms with E-state index in [1.165, 1.54) is 5.56 Å². The first-order valence-electron chi connectivity index (χ1n) is 6.93. The predicted octanol–water partition coefficient (Wildman–Crippen LogP) is 2.39. The van der Waals surface area contributed by atoms with Crippen LogP contribution in [-0.4, -0.2) is 26.9 Å². The average molecular weight is 278 g/mol. The highest BCUT2D eigenvalue weighted by atomic mass is 16.5. The Hall–Kier alpha value is -2.43. The summed E-state index contributed by atoms with van der Waals surface area (Å²) in [4.78, 5) is 8.87. The molecule has 21 heavy (non-hydrogen) atoms. The van der Waals surface area contributed by atoms with Gasteiger partial charge in [-0.1, -0.05) is 0 Å². The zero-order valence-electron chi connectivity index (χ0n) is 11.7.